The van der Waals surface area contributed by atoms with Gasteiger partial charge in [-0.1, -0.05) is 30.3 Å². The smallest absolute Gasteiger partial charge is 0.213 e. The van der Waals surface area contributed by atoms with Gasteiger partial charge in [0, 0.05) is 25.4 Å². The third-order valence-corrected chi connectivity index (χ3v) is 3.32. The monoisotopic (exact) mass is 312 g/mol. The van der Waals surface area contributed by atoms with Crippen LogP contribution in [0.2, 0.25) is 0 Å². The topological polar surface area (TPSA) is 58.5 Å². The molecule has 1 aromatic carbocycles. The fourth-order valence-electron chi connectivity index (χ4n) is 2.14. The Morgan fingerprint density at radius 3 is 2.70 bits per heavy atom. The number of nitrogens with zero attached hydrogens (tertiary/aromatic N) is 2. The molecule has 0 bridgehead atoms. The quantitative estimate of drug-likeness (QED) is 0.609. The van der Waals surface area contributed by atoms with E-state index in [1.165, 1.54) is 5.56 Å². The predicted molar refractivity (Wildman–Crippen MR) is 93.8 cm³/mol. The summed E-state index contributed by atoms with van der Waals surface area (Å²) in [5.74, 6) is 1.43. The van der Waals surface area contributed by atoms with Crippen molar-refractivity contribution in [2.24, 2.45) is 4.99 Å². The van der Waals surface area contributed by atoms with Crippen LogP contribution < -0.4 is 15.4 Å². The van der Waals surface area contributed by atoms with Gasteiger partial charge < -0.3 is 15.4 Å². The van der Waals surface area contributed by atoms with Gasteiger partial charge in [0.25, 0.3) is 0 Å². The Balaban J connectivity index is 1.88. The van der Waals surface area contributed by atoms with Gasteiger partial charge in [0.15, 0.2) is 5.96 Å². The van der Waals surface area contributed by atoms with Crippen molar-refractivity contribution in [1.82, 2.24) is 15.6 Å². The van der Waals surface area contributed by atoms with Crippen molar-refractivity contribution in [3.8, 4) is 5.88 Å². The second-order valence-corrected chi connectivity index (χ2v) is 5.06. The van der Waals surface area contributed by atoms with Crippen molar-refractivity contribution in [1.29, 1.82) is 0 Å². The van der Waals surface area contributed by atoms with Crippen molar-refractivity contribution < 1.29 is 4.74 Å². The molecule has 0 atom stereocenters. The lowest BCUT2D eigenvalue weighted by Gasteiger charge is -2.11. The van der Waals surface area contributed by atoms with Gasteiger partial charge in [0.2, 0.25) is 5.88 Å². The maximum absolute atomic E-state index is 5.13. The number of nitrogens with one attached hydrogen (secondary N) is 2. The number of benzene rings is 1. The molecule has 0 unspecified atom stereocenters. The van der Waals surface area contributed by atoms with Crippen LogP contribution in [0.15, 0.2) is 53.7 Å². The highest BCUT2D eigenvalue weighted by atomic mass is 16.5. The molecular formula is C18H24N4O. The summed E-state index contributed by atoms with van der Waals surface area (Å²) in [5.41, 5.74) is 2.38. The molecule has 0 radical (unpaired) electrons. The van der Waals surface area contributed by atoms with Crippen LogP contribution in [0.3, 0.4) is 0 Å². The second-order valence-electron chi connectivity index (χ2n) is 5.06. The highest BCUT2D eigenvalue weighted by Crippen LogP contribution is 2.09. The minimum absolute atomic E-state index is 0.583. The molecule has 5 nitrogen and oxygen atoms in total. The molecule has 0 spiro atoms. The molecule has 5 heteroatoms. The summed E-state index contributed by atoms with van der Waals surface area (Å²) in [6, 6.07) is 14.3. The average Bonchev–Trinajstić information content (AvgIpc) is 2.61. The summed E-state index contributed by atoms with van der Waals surface area (Å²) in [6.07, 6.45) is 2.70. The maximum atomic E-state index is 5.13. The van der Waals surface area contributed by atoms with Crippen LogP contribution in [-0.4, -0.2) is 31.1 Å². The first-order valence-corrected chi connectivity index (χ1v) is 7.87. The molecular weight excluding hydrogens is 288 g/mol. The molecule has 0 aliphatic rings. The molecule has 0 fully saturated rings. The molecule has 2 N–H and O–H groups in total. The van der Waals surface area contributed by atoms with Crippen LogP contribution in [0.1, 0.15) is 18.1 Å². The fourth-order valence-corrected chi connectivity index (χ4v) is 2.14. The molecule has 0 amide bonds. The lowest BCUT2D eigenvalue weighted by molar-refractivity contribution is 0.397. The van der Waals surface area contributed by atoms with Crippen molar-refractivity contribution >= 4 is 5.96 Å². The number of methoxy groups -OCH3 is 1. The normalized spacial score (nSPS) is 11.1. The van der Waals surface area contributed by atoms with E-state index in [9.17, 15) is 0 Å². The van der Waals surface area contributed by atoms with Gasteiger partial charge in [-0.2, -0.15) is 0 Å². The number of ether oxygens (including phenoxy) is 1. The highest BCUT2D eigenvalue weighted by Gasteiger charge is 2.00. The molecule has 122 valence electrons. The number of hydrogen-bond acceptors (Lipinski definition) is 3. The van der Waals surface area contributed by atoms with Gasteiger partial charge in [0.05, 0.1) is 13.7 Å². The SMILES string of the molecule is CCNC(=NCc1ccnc(OC)c1)NCCc1ccccc1. The zero-order chi connectivity index (χ0) is 16.3. The second kappa shape index (κ2) is 9.46. The van der Waals surface area contributed by atoms with Crippen LogP contribution in [-0.2, 0) is 13.0 Å². The molecule has 2 rings (SSSR count). The number of pyridine rings is 1. The predicted octanol–water partition coefficient (Wildman–Crippen LogP) is 2.39. The van der Waals surface area contributed by atoms with E-state index in [0.29, 0.717) is 12.4 Å². The first kappa shape index (κ1) is 16.8. The Bertz CT molecular complexity index is 613. The van der Waals surface area contributed by atoms with Gasteiger partial charge >= 0.3 is 0 Å². The molecule has 1 aromatic heterocycles. The molecule has 23 heavy (non-hydrogen) atoms. The van der Waals surface area contributed by atoms with Crippen LogP contribution in [0.5, 0.6) is 5.88 Å². The van der Waals surface area contributed by atoms with Crippen LogP contribution >= 0.6 is 0 Å². The molecule has 1 heterocycles. The summed E-state index contributed by atoms with van der Waals surface area (Å²) in [7, 11) is 1.62. The number of aliphatic imine (C=N–C) groups is 1. The van der Waals surface area contributed by atoms with E-state index in [1.54, 1.807) is 13.3 Å². The van der Waals surface area contributed by atoms with E-state index in [-0.39, 0.29) is 0 Å². The number of hydrogen-bond donors (Lipinski definition) is 2. The summed E-state index contributed by atoms with van der Waals surface area (Å²) < 4.78 is 5.13. The molecule has 2 aromatic rings. The van der Waals surface area contributed by atoms with Gasteiger partial charge in [0.1, 0.15) is 0 Å². The number of aromatic nitrogens is 1. The molecule has 0 aliphatic heterocycles. The van der Waals surface area contributed by atoms with Crippen molar-refractivity contribution in [3.63, 3.8) is 0 Å². The third-order valence-electron chi connectivity index (χ3n) is 3.32. The standard InChI is InChI=1S/C18H24N4O/c1-3-19-18(21-12-9-15-7-5-4-6-8-15)22-14-16-10-11-20-17(13-16)23-2/h4-8,10-11,13H,3,9,12,14H2,1-2H3,(H2,19,21,22). The molecule has 0 aliphatic carbocycles. The highest BCUT2D eigenvalue weighted by molar-refractivity contribution is 5.79. The number of rotatable bonds is 7. The Labute approximate surface area is 137 Å². The fraction of sp³-hybridized carbons (Fsp3) is 0.333. The van der Waals surface area contributed by atoms with E-state index < -0.39 is 0 Å². The Morgan fingerprint density at radius 1 is 1.13 bits per heavy atom. The van der Waals surface area contributed by atoms with E-state index in [4.69, 9.17) is 4.74 Å². The van der Waals surface area contributed by atoms with Gasteiger partial charge in [-0.3, -0.25) is 0 Å². The summed E-state index contributed by atoms with van der Waals surface area (Å²) in [4.78, 5) is 8.70. The molecule has 0 saturated heterocycles. The number of guanidine groups is 1. The van der Waals surface area contributed by atoms with E-state index >= 15 is 0 Å². The van der Waals surface area contributed by atoms with E-state index in [1.807, 2.05) is 18.2 Å². The van der Waals surface area contributed by atoms with Crippen molar-refractivity contribution in [3.05, 3.63) is 59.8 Å². The summed E-state index contributed by atoms with van der Waals surface area (Å²) >= 11 is 0. The Morgan fingerprint density at radius 2 is 1.96 bits per heavy atom. The van der Waals surface area contributed by atoms with Crippen LogP contribution in [0.25, 0.3) is 0 Å². The van der Waals surface area contributed by atoms with Gasteiger partial charge in [-0.25, -0.2) is 9.98 Å². The largest absolute Gasteiger partial charge is 0.481 e. The minimum atomic E-state index is 0.583. The Kier molecular flexibility index (Phi) is 6.91. The van der Waals surface area contributed by atoms with Crippen LogP contribution in [0.4, 0.5) is 0 Å². The zero-order valence-electron chi connectivity index (χ0n) is 13.7. The first-order chi connectivity index (χ1) is 11.3. The summed E-state index contributed by atoms with van der Waals surface area (Å²) in [6.45, 7) is 4.32. The average molecular weight is 312 g/mol. The van der Waals surface area contributed by atoms with E-state index in [2.05, 4.69) is 51.8 Å². The molecule has 0 saturated carbocycles. The maximum Gasteiger partial charge on any atom is 0.213 e. The Hall–Kier alpha value is -2.56. The lowest BCUT2D eigenvalue weighted by atomic mass is 10.1. The van der Waals surface area contributed by atoms with Gasteiger partial charge in [-0.05, 0) is 30.5 Å². The lowest BCUT2D eigenvalue weighted by Crippen LogP contribution is -2.38. The summed E-state index contributed by atoms with van der Waals surface area (Å²) in [5, 5.41) is 6.62. The van der Waals surface area contributed by atoms with Crippen molar-refractivity contribution in [2.45, 2.75) is 19.9 Å². The third kappa shape index (κ3) is 5.98. The first-order valence-electron chi connectivity index (χ1n) is 7.87. The zero-order valence-corrected chi connectivity index (χ0v) is 13.7. The van der Waals surface area contributed by atoms with Gasteiger partial charge in [-0.15, -0.1) is 0 Å². The van der Waals surface area contributed by atoms with Crippen LogP contribution in [0, 0.1) is 0 Å². The van der Waals surface area contributed by atoms with Crippen molar-refractivity contribution in [2.75, 3.05) is 20.2 Å². The van der Waals surface area contributed by atoms with E-state index in [0.717, 1.165) is 31.0 Å². The minimum Gasteiger partial charge on any atom is -0.481 e.